The Labute approximate surface area is 88.0 Å². The third-order valence-corrected chi connectivity index (χ3v) is 1.91. The van der Waals surface area contributed by atoms with Gasteiger partial charge in [-0.25, -0.2) is 0 Å². The fraction of sp³-hybridized carbons (Fsp3) is 0.273. The van der Waals surface area contributed by atoms with Gasteiger partial charge in [-0.15, -0.1) is 0 Å². The Morgan fingerprint density at radius 1 is 1.27 bits per heavy atom. The lowest BCUT2D eigenvalue weighted by Crippen LogP contribution is -2.12. The zero-order chi connectivity index (χ0) is 11.4. The van der Waals surface area contributed by atoms with E-state index in [0.717, 1.165) is 0 Å². The number of amides is 1. The molecule has 4 heteroatoms. The Morgan fingerprint density at radius 2 is 1.87 bits per heavy atom. The molecule has 0 radical (unpaired) electrons. The number of benzene rings is 1. The van der Waals surface area contributed by atoms with Gasteiger partial charge in [-0.3, -0.25) is 9.59 Å². The fourth-order valence-corrected chi connectivity index (χ4v) is 1.19. The second kappa shape index (κ2) is 4.59. The summed E-state index contributed by atoms with van der Waals surface area (Å²) in [6.45, 7) is 3.72. The van der Waals surface area contributed by atoms with Crippen LogP contribution >= 0.6 is 0 Å². The second-order valence-electron chi connectivity index (χ2n) is 3.10. The largest absolute Gasteiger partial charge is 0.494 e. The molecule has 0 saturated carbocycles. The van der Waals surface area contributed by atoms with Crippen molar-refractivity contribution in [2.45, 2.75) is 13.8 Å². The van der Waals surface area contributed by atoms with Crippen LogP contribution in [-0.4, -0.2) is 18.3 Å². The average Bonchev–Trinajstić information content (AvgIpc) is 2.17. The zero-order valence-corrected chi connectivity index (χ0v) is 8.74. The maximum Gasteiger partial charge on any atom is 0.248 e. The van der Waals surface area contributed by atoms with Crippen molar-refractivity contribution in [3.8, 4) is 5.75 Å². The van der Waals surface area contributed by atoms with E-state index in [2.05, 4.69) is 0 Å². The zero-order valence-electron chi connectivity index (χ0n) is 8.74. The number of hydrogen-bond acceptors (Lipinski definition) is 3. The highest BCUT2D eigenvalue weighted by Crippen LogP contribution is 2.17. The first-order valence-corrected chi connectivity index (χ1v) is 4.63. The molecule has 0 aliphatic carbocycles. The Balaban J connectivity index is 3.19. The van der Waals surface area contributed by atoms with Gasteiger partial charge in [-0.2, -0.15) is 0 Å². The maximum absolute atomic E-state index is 11.2. The standard InChI is InChI=1S/C11H13NO3/c1-3-15-10-5-8(7(2)13)4-9(6-10)11(12)14/h4-6H,3H2,1-2H3,(H2,12,14). The average molecular weight is 207 g/mol. The van der Waals surface area contributed by atoms with Gasteiger partial charge in [0.05, 0.1) is 6.61 Å². The lowest BCUT2D eigenvalue weighted by molar-refractivity contribution is 0.0999. The summed E-state index contributed by atoms with van der Waals surface area (Å²) in [6.07, 6.45) is 0. The molecular formula is C11H13NO3. The summed E-state index contributed by atoms with van der Waals surface area (Å²) >= 11 is 0. The van der Waals surface area contributed by atoms with Crippen molar-refractivity contribution in [2.24, 2.45) is 5.73 Å². The van der Waals surface area contributed by atoms with Crippen molar-refractivity contribution >= 4 is 11.7 Å². The van der Waals surface area contributed by atoms with Crippen LogP contribution in [0.3, 0.4) is 0 Å². The van der Waals surface area contributed by atoms with Gasteiger partial charge in [-0.1, -0.05) is 0 Å². The normalized spacial score (nSPS) is 9.73. The van der Waals surface area contributed by atoms with Gasteiger partial charge < -0.3 is 10.5 Å². The Morgan fingerprint density at radius 3 is 2.33 bits per heavy atom. The van der Waals surface area contributed by atoms with E-state index in [-0.39, 0.29) is 11.3 Å². The third kappa shape index (κ3) is 2.80. The Hall–Kier alpha value is -1.84. The van der Waals surface area contributed by atoms with Gasteiger partial charge in [0.2, 0.25) is 5.91 Å². The van der Waals surface area contributed by atoms with Gasteiger partial charge in [0, 0.05) is 11.1 Å². The van der Waals surface area contributed by atoms with Crippen LogP contribution in [0.5, 0.6) is 5.75 Å². The molecule has 0 bridgehead atoms. The number of primary amides is 1. The summed E-state index contributed by atoms with van der Waals surface area (Å²) in [4.78, 5) is 22.2. The number of hydrogen-bond donors (Lipinski definition) is 1. The summed E-state index contributed by atoms with van der Waals surface area (Å²) < 4.78 is 5.23. The molecule has 0 aliphatic rings. The van der Waals surface area contributed by atoms with Crippen molar-refractivity contribution in [1.82, 2.24) is 0 Å². The van der Waals surface area contributed by atoms with E-state index in [1.54, 1.807) is 6.07 Å². The number of carbonyl (C=O) groups is 2. The van der Waals surface area contributed by atoms with E-state index in [4.69, 9.17) is 10.5 Å². The van der Waals surface area contributed by atoms with Gasteiger partial charge in [0.1, 0.15) is 5.75 Å². The fourth-order valence-electron chi connectivity index (χ4n) is 1.19. The molecule has 80 valence electrons. The van der Waals surface area contributed by atoms with E-state index in [1.165, 1.54) is 19.1 Å². The first-order chi connectivity index (χ1) is 7.04. The van der Waals surface area contributed by atoms with E-state index in [0.29, 0.717) is 17.9 Å². The number of nitrogens with two attached hydrogens (primary N) is 1. The first-order valence-electron chi connectivity index (χ1n) is 4.63. The van der Waals surface area contributed by atoms with E-state index < -0.39 is 5.91 Å². The molecule has 0 aliphatic heterocycles. The lowest BCUT2D eigenvalue weighted by Gasteiger charge is -2.06. The number of ether oxygens (including phenoxy) is 1. The van der Waals surface area contributed by atoms with Crippen molar-refractivity contribution in [3.05, 3.63) is 29.3 Å². The molecule has 0 atom stereocenters. The van der Waals surface area contributed by atoms with Crippen LogP contribution in [0.25, 0.3) is 0 Å². The van der Waals surface area contributed by atoms with Crippen LogP contribution in [0.15, 0.2) is 18.2 Å². The van der Waals surface area contributed by atoms with Crippen molar-refractivity contribution in [2.75, 3.05) is 6.61 Å². The number of rotatable bonds is 4. The van der Waals surface area contributed by atoms with E-state index in [9.17, 15) is 9.59 Å². The highest BCUT2D eigenvalue weighted by atomic mass is 16.5. The SMILES string of the molecule is CCOc1cc(C(C)=O)cc(C(N)=O)c1. The van der Waals surface area contributed by atoms with Crippen molar-refractivity contribution < 1.29 is 14.3 Å². The molecule has 1 aromatic rings. The summed E-state index contributed by atoms with van der Waals surface area (Å²) in [6, 6.07) is 4.59. The highest BCUT2D eigenvalue weighted by Gasteiger charge is 2.08. The van der Waals surface area contributed by atoms with Crippen LogP contribution < -0.4 is 10.5 Å². The smallest absolute Gasteiger partial charge is 0.248 e. The molecular weight excluding hydrogens is 194 g/mol. The monoisotopic (exact) mass is 207 g/mol. The van der Waals surface area contributed by atoms with Crippen LogP contribution in [0, 0.1) is 0 Å². The quantitative estimate of drug-likeness (QED) is 0.758. The summed E-state index contributed by atoms with van der Waals surface area (Å²) in [5, 5.41) is 0. The van der Waals surface area contributed by atoms with Crippen molar-refractivity contribution in [1.29, 1.82) is 0 Å². The molecule has 0 unspecified atom stereocenters. The van der Waals surface area contributed by atoms with Crippen molar-refractivity contribution in [3.63, 3.8) is 0 Å². The molecule has 0 heterocycles. The summed E-state index contributed by atoms with van der Waals surface area (Å²) in [5.41, 5.74) is 5.85. The Bertz CT molecular complexity index is 367. The van der Waals surface area contributed by atoms with E-state index in [1.807, 2.05) is 6.92 Å². The van der Waals surface area contributed by atoms with Crippen LogP contribution in [0.1, 0.15) is 34.6 Å². The second-order valence-corrected chi connectivity index (χ2v) is 3.10. The van der Waals surface area contributed by atoms with Gasteiger partial charge >= 0.3 is 0 Å². The summed E-state index contributed by atoms with van der Waals surface area (Å²) in [5.74, 6) is -0.211. The molecule has 1 rings (SSSR count). The van der Waals surface area contributed by atoms with E-state index >= 15 is 0 Å². The Kier molecular flexibility index (Phi) is 3.44. The molecule has 0 spiro atoms. The molecule has 1 amide bonds. The topological polar surface area (TPSA) is 69.4 Å². The molecule has 0 saturated heterocycles. The van der Waals surface area contributed by atoms with Gasteiger partial charge in [0.25, 0.3) is 0 Å². The number of ketones is 1. The molecule has 15 heavy (non-hydrogen) atoms. The predicted molar refractivity (Wildman–Crippen MR) is 56.1 cm³/mol. The minimum absolute atomic E-state index is 0.126. The number of carbonyl (C=O) groups excluding carboxylic acids is 2. The van der Waals surface area contributed by atoms with Gasteiger partial charge in [-0.05, 0) is 32.0 Å². The lowest BCUT2D eigenvalue weighted by atomic mass is 10.1. The number of Topliss-reactive ketones (excluding diaryl/α,β-unsaturated/α-hetero) is 1. The minimum Gasteiger partial charge on any atom is -0.494 e. The molecule has 0 fully saturated rings. The molecule has 0 aromatic heterocycles. The van der Waals surface area contributed by atoms with Gasteiger partial charge in [0.15, 0.2) is 5.78 Å². The minimum atomic E-state index is -0.570. The molecule has 1 aromatic carbocycles. The van der Waals surface area contributed by atoms with Crippen LogP contribution in [0.4, 0.5) is 0 Å². The highest BCUT2D eigenvalue weighted by molar-refractivity contribution is 5.99. The van der Waals surface area contributed by atoms with Crippen LogP contribution in [-0.2, 0) is 0 Å². The summed E-state index contributed by atoms with van der Waals surface area (Å²) in [7, 11) is 0. The maximum atomic E-state index is 11.2. The molecule has 2 N–H and O–H groups in total. The third-order valence-electron chi connectivity index (χ3n) is 1.91. The molecule has 4 nitrogen and oxygen atoms in total. The predicted octanol–water partition coefficient (Wildman–Crippen LogP) is 1.39. The van der Waals surface area contributed by atoms with Crippen LogP contribution in [0.2, 0.25) is 0 Å². The first kappa shape index (κ1) is 11.2.